The molecular formula is C17H25NO6. The van der Waals surface area contributed by atoms with E-state index in [0.717, 1.165) is 0 Å². The second-order valence-electron chi connectivity index (χ2n) is 6.18. The number of methoxy groups -OCH3 is 1. The van der Waals surface area contributed by atoms with Gasteiger partial charge in [-0.15, -0.1) is 0 Å². The van der Waals surface area contributed by atoms with Crippen LogP contribution < -0.4 is 14.8 Å². The van der Waals surface area contributed by atoms with Crippen molar-refractivity contribution in [2.45, 2.75) is 38.8 Å². The second kappa shape index (κ2) is 9.12. The fourth-order valence-corrected chi connectivity index (χ4v) is 1.82. The summed E-state index contributed by atoms with van der Waals surface area (Å²) in [7, 11) is 1.53. The van der Waals surface area contributed by atoms with E-state index in [0.29, 0.717) is 11.5 Å². The molecule has 1 unspecified atom stereocenters. The van der Waals surface area contributed by atoms with Crippen LogP contribution in [0.1, 0.15) is 27.2 Å². The first-order chi connectivity index (χ1) is 11.2. The van der Waals surface area contributed by atoms with Crippen LogP contribution in [0.15, 0.2) is 24.3 Å². The molecule has 0 bridgehead atoms. The lowest BCUT2D eigenvalue weighted by Gasteiger charge is -2.21. The smallest absolute Gasteiger partial charge is 0.326 e. The summed E-state index contributed by atoms with van der Waals surface area (Å²) in [6.07, 6.45) is 0.178. The first-order valence-corrected chi connectivity index (χ1v) is 7.64. The van der Waals surface area contributed by atoms with Crippen LogP contribution in [0.4, 0.5) is 0 Å². The van der Waals surface area contributed by atoms with Gasteiger partial charge in [0.15, 0.2) is 6.61 Å². The van der Waals surface area contributed by atoms with E-state index in [9.17, 15) is 14.7 Å². The molecule has 2 N–H and O–H groups in total. The highest BCUT2D eigenvalue weighted by Crippen LogP contribution is 2.18. The Labute approximate surface area is 141 Å². The van der Waals surface area contributed by atoms with Crippen molar-refractivity contribution in [3.05, 3.63) is 24.3 Å². The Bertz CT molecular complexity index is 552. The summed E-state index contributed by atoms with van der Waals surface area (Å²) in [5, 5.41) is 11.6. The normalized spacial score (nSPS) is 12.3. The molecule has 0 aliphatic carbocycles. The van der Waals surface area contributed by atoms with Crippen molar-refractivity contribution in [1.29, 1.82) is 0 Å². The number of carbonyl (C=O) groups is 2. The average molecular weight is 339 g/mol. The Kier molecular flexibility index (Phi) is 7.51. The highest BCUT2D eigenvalue weighted by molar-refractivity contribution is 5.84. The van der Waals surface area contributed by atoms with E-state index in [1.807, 2.05) is 20.8 Å². The van der Waals surface area contributed by atoms with Crippen molar-refractivity contribution in [1.82, 2.24) is 5.32 Å². The van der Waals surface area contributed by atoms with Crippen LogP contribution in [0.25, 0.3) is 0 Å². The number of nitrogens with one attached hydrogen (secondary N) is 1. The molecule has 0 saturated heterocycles. The van der Waals surface area contributed by atoms with Crippen molar-refractivity contribution in [2.24, 2.45) is 0 Å². The molecule has 134 valence electrons. The minimum absolute atomic E-state index is 0.178. The molecule has 1 amide bonds. The van der Waals surface area contributed by atoms with E-state index in [1.165, 1.54) is 7.11 Å². The van der Waals surface area contributed by atoms with Gasteiger partial charge in [0.2, 0.25) is 0 Å². The minimum Gasteiger partial charge on any atom is -0.497 e. The standard InChI is InChI=1S/C17H25NO6/c1-17(2,3)24-9-8-14(16(20)21)18-15(19)11-23-13-7-5-6-12(10-13)22-4/h5-7,10,14H,8-9,11H2,1-4H3,(H,18,19)(H,20,21). The van der Waals surface area contributed by atoms with Crippen LogP contribution >= 0.6 is 0 Å². The third-order valence-corrected chi connectivity index (χ3v) is 2.99. The predicted molar refractivity (Wildman–Crippen MR) is 88.4 cm³/mol. The molecule has 0 heterocycles. The lowest BCUT2D eigenvalue weighted by molar-refractivity contribution is -0.143. The maximum Gasteiger partial charge on any atom is 0.326 e. The first kappa shape index (κ1) is 19.8. The van der Waals surface area contributed by atoms with Gasteiger partial charge < -0.3 is 24.6 Å². The Hall–Kier alpha value is -2.28. The molecule has 0 fully saturated rings. The quantitative estimate of drug-likeness (QED) is 0.713. The molecule has 0 aliphatic heterocycles. The van der Waals surface area contributed by atoms with Gasteiger partial charge in [-0.05, 0) is 32.9 Å². The third kappa shape index (κ3) is 7.82. The van der Waals surface area contributed by atoms with Gasteiger partial charge in [0.1, 0.15) is 17.5 Å². The number of rotatable bonds is 9. The topological polar surface area (TPSA) is 94.1 Å². The fraction of sp³-hybridized carbons (Fsp3) is 0.529. The number of carboxylic acid groups (broad SMARTS) is 1. The SMILES string of the molecule is COc1cccc(OCC(=O)NC(CCOC(C)(C)C)C(=O)O)c1. The van der Waals surface area contributed by atoms with Crippen LogP contribution in [0, 0.1) is 0 Å². The van der Waals surface area contributed by atoms with E-state index < -0.39 is 17.9 Å². The molecular weight excluding hydrogens is 314 g/mol. The number of hydrogen-bond acceptors (Lipinski definition) is 5. The van der Waals surface area contributed by atoms with Crippen LogP contribution in [-0.4, -0.2) is 48.9 Å². The van der Waals surface area contributed by atoms with Gasteiger partial charge in [0, 0.05) is 19.1 Å². The second-order valence-corrected chi connectivity index (χ2v) is 6.18. The van der Waals surface area contributed by atoms with Gasteiger partial charge in [0.25, 0.3) is 5.91 Å². The molecule has 0 aliphatic rings. The lowest BCUT2D eigenvalue weighted by atomic mass is 10.2. The molecule has 0 spiro atoms. The fourth-order valence-electron chi connectivity index (χ4n) is 1.82. The summed E-state index contributed by atoms with van der Waals surface area (Å²) >= 11 is 0. The molecule has 7 heteroatoms. The Morgan fingerprint density at radius 1 is 1.25 bits per heavy atom. The monoisotopic (exact) mass is 339 g/mol. The number of carboxylic acids is 1. The van der Waals surface area contributed by atoms with E-state index >= 15 is 0 Å². The van der Waals surface area contributed by atoms with E-state index in [4.69, 9.17) is 14.2 Å². The van der Waals surface area contributed by atoms with Gasteiger partial charge in [-0.2, -0.15) is 0 Å². The van der Waals surface area contributed by atoms with Gasteiger partial charge in [-0.1, -0.05) is 6.07 Å². The zero-order valence-corrected chi connectivity index (χ0v) is 14.5. The highest BCUT2D eigenvalue weighted by Gasteiger charge is 2.21. The summed E-state index contributed by atoms with van der Waals surface area (Å²) in [6.45, 7) is 5.59. The Balaban J connectivity index is 2.45. The van der Waals surface area contributed by atoms with Crippen LogP contribution in [-0.2, 0) is 14.3 Å². The highest BCUT2D eigenvalue weighted by atomic mass is 16.5. The maximum absolute atomic E-state index is 11.9. The summed E-state index contributed by atoms with van der Waals surface area (Å²) in [5.41, 5.74) is -0.359. The molecule has 24 heavy (non-hydrogen) atoms. The molecule has 1 rings (SSSR count). The molecule has 1 aromatic carbocycles. The zero-order chi connectivity index (χ0) is 18.2. The first-order valence-electron chi connectivity index (χ1n) is 7.64. The zero-order valence-electron chi connectivity index (χ0n) is 14.5. The van der Waals surface area contributed by atoms with E-state index in [2.05, 4.69) is 5.32 Å². The Morgan fingerprint density at radius 3 is 2.50 bits per heavy atom. The van der Waals surface area contributed by atoms with Gasteiger partial charge in [-0.25, -0.2) is 4.79 Å². The summed E-state index contributed by atoms with van der Waals surface area (Å²) in [5.74, 6) is -0.550. The summed E-state index contributed by atoms with van der Waals surface area (Å²) < 4.78 is 15.9. The largest absolute Gasteiger partial charge is 0.497 e. The van der Waals surface area contributed by atoms with Gasteiger partial charge in [-0.3, -0.25) is 4.79 Å². The maximum atomic E-state index is 11.9. The number of carbonyl (C=O) groups excluding carboxylic acids is 1. The van der Waals surface area contributed by atoms with Crippen molar-refractivity contribution < 1.29 is 28.9 Å². The molecule has 0 aromatic heterocycles. The number of amides is 1. The van der Waals surface area contributed by atoms with Crippen molar-refractivity contribution in [3.8, 4) is 11.5 Å². The Morgan fingerprint density at radius 2 is 1.92 bits per heavy atom. The molecule has 0 saturated carbocycles. The predicted octanol–water partition coefficient (Wildman–Crippen LogP) is 1.85. The molecule has 7 nitrogen and oxygen atoms in total. The molecule has 1 atom stereocenters. The van der Waals surface area contributed by atoms with Crippen molar-refractivity contribution >= 4 is 11.9 Å². The molecule has 0 radical (unpaired) electrons. The van der Waals surface area contributed by atoms with E-state index in [-0.39, 0.29) is 25.2 Å². The van der Waals surface area contributed by atoms with Gasteiger partial charge >= 0.3 is 5.97 Å². The lowest BCUT2D eigenvalue weighted by Crippen LogP contribution is -2.44. The van der Waals surface area contributed by atoms with E-state index in [1.54, 1.807) is 24.3 Å². The number of hydrogen-bond donors (Lipinski definition) is 2. The van der Waals surface area contributed by atoms with Gasteiger partial charge in [0.05, 0.1) is 12.7 Å². The van der Waals surface area contributed by atoms with Crippen molar-refractivity contribution in [2.75, 3.05) is 20.3 Å². The minimum atomic E-state index is -1.11. The number of aliphatic carboxylic acids is 1. The van der Waals surface area contributed by atoms with Crippen molar-refractivity contribution in [3.63, 3.8) is 0 Å². The molecule has 1 aromatic rings. The summed E-state index contributed by atoms with van der Waals surface area (Å²) in [6, 6.07) is 5.79. The van der Waals surface area contributed by atoms with Crippen LogP contribution in [0.5, 0.6) is 11.5 Å². The van der Waals surface area contributed by atoms with Crippen LogP contribution in [0.3, 0.4) is 0 Å². The summed E-state index contributed by atoms with van der Waals surface area (Å²) in [4.78, 5) is 23.1. The number of ether oxygens (including phenoxy) is 3. The number of benzene rings is 1. The van der Waals surface area contributed by atoms with Crippen LogP contribution in [0.2, 0.25) is 0 Å². The third-order valence-electron chi connectivity index (χ3n) is 2.99. The average Bonchev–Trinajstić information content (AvgIpc) is 2.51.